The molecule has 0 spiro atoms. The number of nitrogens with one attached hydrogen (secondary N) is 2. The summed E-state index contributed by atoms with van der Waals surface area (Å²) in [4.78, 5) is 22.7. The largest absolute Gasteiger partial charge is 0.478 e. The van der Waals surface area contributed by atoms with Gasteiger partial charge in [-0.2, -0.15) is 0 Å². The van der Waals surface area contributed by atoms with Gasteiger partial charge in [-0.05, 0) is 12.1 Å². The number of rotatable bonds is 4. The van der Waals surface area contributed by atoms with Crippen LogP contribution in [-0.2, 0) is 13.6 Å². The Morgan fingerprint density at radius 1 is 1.43 bits per heavy atom. The number of anilines is 1. The number of aromatic carboxylic acids is 1. The van der Waals surface area contributed by atoms with Gasteiger partial charge in [0.2, 0.25) is 0 Å². The first-order valence-corrected chi connectivity index (χ1v) is 5.88. The van der Waals surface area contributed by atoms with Crippen molar-refractivity contribution in [3.63, 3.8) is 0 Å². The Kier molecular flexibility index (Phi) is 4.12. The van der Waals surface area contributed by atoms with E-state index < -0.39 is 23.4 Å². The van der Waals surface area contributed by atoms with E-state index in [1.165, 1.54) is 18.5 Å². The summed E-state index contributed by atoms with van der Waals surface area (Å²) < 4.78 is 15.1. The van der Waals surface area contributed by atoms with Crippen molar-refractivity contribution >= 4 is 17.7 Å². The average Bonchev–Trinajstić information content (AvgIpc) is 2.81. The molecule has 2 rings (SSSR count). The Hall–Kier alpha value is -2.97. The summed E-state index contributed by atoms with van der Waals surface area (Å²) in [6.45, 7) is 0.0973. The number of hydrogen-bond acceptors (Lipinski definition) is 4. The van der Waals surface area contributed by atoms with E-state index in [9.17, 15) is 14.0 Å². The lowest BCUT2D eigenvalue weighted by Gasteiger charge is -2.10. The molecule has 0 saturated heterocycles. The number of aromatic nitrogens is 3. The van der Waals surface area contributed by atoms with Gasteiger partial charge in [0.05, 0.1) is 12.2 Å². The molecule has 2 aromatic rings. The number of carboxylic acids is 1. The van der Waals surface area contributed by atoms with Gasteiger partial charge in [-0.15, -0.1) is 10.2 Å². The molecular formula is C12H12FN5O3. The van der Waals surface area contributed by atoms with Crippen molar-refractivity contribution in [2.45, 2.75) is 6.54 Å². The minimum Gasteiger partial charge on any atom is -0.478 e. The van der Waals surface area contributed by atoms with E-state index in [4.69, 9.17) is 5.11 Å². The van der Waals surface area contributed by atoms with Crippen molar-refractivity contribution in [1.82, 2.24) is 20.1 Å². The molecule has 3 N–H and O–H groups in total. The van der Waals surface area contributed by atoms with Crippen LogP contribution in [0, 0.1) is 5.82 Å². The summed E-state index contributed by atoms with van der Waals surface area (Å²) in [6.07, 6.45) is 1.48. The summed E-state index contributed by atoms with van der Waals surface area (Å²) in [5, 5.41) is 21.1. The first-order valence-electron chi connectivity index (χ1n) is 5.88. The van der Waals surface area contributed by atoms with Crippen molar-refractivity contribution in [3.8, 4) is 0 Å². The van der Waals surface area contributed by atoms with E-state index in [0.29, 0.717) is 5.82 Å². The van der Waals surface area contributed by atoms with Crippen LogP contribution in [0.3, 0.4) is 0 Å². The van der Waals surface area contributed by atoms with Crippen LogP contribution in [0.1, 0.15) is 16.2 Å². The van der Waals surface area contributed by atoms with E-state index >= 15 is 0 Å². The fourth-order valence-corrected chi connectivity index (χ4v) is 1.64. The first-order chi connectivity index (χ1) is 9.99. The summed E-state index contributed by atoms with van der Waals surface area (Å²) in [5.74, 6) is -1.87. The predicted molar refractivity (Wildman–Crippen MR) is 70.2 cm³/mol. The lowest BCUT2D eigenvalue weighted by molar-refractivity contribution is 0.0693. The monoisotopic (exact) mass is 293 g/mol. The van der Waals surface area contributed by atoms with E-state index in [1.54, 1.807) is 11.6 Å². The second kappa shape index (κ2) is 5.99. The Balaban J connectivity index is 2.05. The topological polar surface area (TPSA) is 109 Å². The Bertz CT molecular complexity index is 685. The highest BCUT2D eigenvalue weighted by Crippen LogP contribution is 2.18. The van der Waals surface area contributed by atoms with Crippen molar-refractivity contribution in [1.29, 1.82) is 0 Å². The number of benzene rings is 1. The number of halogens is 1. The zero-order valence-electron chi connectivity index (χ0n) is 11.0. The molecule has 1 aromatic heterocycles. The second-order valence-corrected chi connectivity index (χ2v) is 4.13. The molecule has 110 valence electrons. The molecule has 1 aromatic carbocycles. The van der Waals surface area contributed by atoms with Crippen LogP contribution in [0.25, 0.3) is 0 Å². The van der Waals surface area contributed by atoms with Crippen LogP contribution >= 0.6 is 0 Å². The second-order valence-electron chi connectivity index (χ2n) is 4.13. The molecule has 0 aliphatic carbocycles. The SMILES string of the molecule is Cn1cnnc1CNC(=O)Nc1cccc(F)c1C(=O)O. The smallest absolute Gasteiger partial charge is 0.340 e. The van der Waals surface area contributed by atoms with Crippen LogP contribution in [0.5, 0.6) is 0 Å². The molecule has 9 heteroatoms. The zero-order valence-corrected chi connectivity index (χ0v) is 11.0. The molecule has 0 fully saturated rings. The normalized spacial score (nSPS) is 10.2. The van der Waals surface area contributed by atoms with Crippen LogP contribution in [-0.4, -0.2) is 31.9 Å². The maximum Gasteiger partial charge on any atom is 0.340 e. The zero-order chi connectivity index (χ0) is 15.4. The number of carbonyl (C=O) groups is 2. The lowest BCUT2D eigenvalue weighted by Crippen LogP contribution is -2.30. The van der Waals surface area contributed by atoms with Gasteiger partial charge in [0.1, 0.15) is 17.7 Å². The number of amides is 2. The Morgan fingerprint density at radius 3 is 2.81 bits per heavy atom. The van der Waals surface area contributed by atoms with Gasteiger partial charge < -0.3 is 20.3 Å². The molecular weight excluding hydrogens is 281 g/mol. The molecule has 2 amide bonds. The number of urea groups is 1. The van der Waals surface area contributed by atoms with Crippen LogP contribution in [0.2, 0.25) is 0 Å². The van der Waals surface area contributed by atoms with Crippen LogP contribution < -0.4 is 10.6 Å². The summed E-state index contributed by atoms with van der Waals surface area (Å²) in [5.41, 5.74) is -0.718. The van der Waals surface area contributed by atoms with E-state index in [0.717, 1.165) is 6.07 Å². The van der Waals surface area contributed by atoms with Gasteiger partial charge >= 0.3 is 12.0 Å². The van der Waals surface area contributed by atoms with Gasteiger partial charge in [0, 0.05) is 7.05 Å². The van der Waals surface area contributed by atoms with E-state index in [1.807, 2.05) is 0 Å². The fourth-order valence-electron chi connectivity index (χ4n) is 1.64. The summed E-state index contributed by atoms with van der Waals surface area (Å²) in [6, 6.07) is 2.94. The van der Waals surface area contributed by atoms with E-state index in [2.05, 4.69) is 20.8 Å². The lowest BCUT2D eigenvalue weighted by atomic mass is 10.1. The number of hydrogen-bond donors (Lipinski definition) is 3. The van der Waals surface area contributed by atoms with Crippen LogP contribution in [0.4, 0.5) is 14.9 Å². The van der Waals surface area contributed by atoms with Gasteiger partial charge in [0.25, 0.3) is 0 Å². The summed E-state index contributed by atoms with van der Waals surface area (Å²) >= 11 is 0. The highest BCUT2D eigenvalue weighted by Gasteiger charge is 2.17. The van der Waals surface area contributed by atoms with Crippen molar-refractivity contribution in [2.24, 2.45) is 7.05 Å². The third-order valence-corrected chi connectivity index (χ3v) is 2.69. The van der Waals surface area contributed by atoms with E-state index in [-0.39, 0.29) is 12.2 Å². The molecule has 0 saturated carbocycles. The van der Waals surface area contributed by atoms with Crippen molar-refractivity contribution in [2.75, 3.05) is 5.32 Å². The highest BCUT2D eigenvalue weighted by atomic mass is 19.1. The fraction of sp³-hybridized carbons (Fsp3) is 0.167. The quantitative estimate of drug-likeness (QED) is 0.778. The maximum atomic E-state index is 13.4. The minimum atomic E-state index is -1.46. The number of nitrogens with zero attached hydrogens (tertiary/aromatic N) is 3. The highest BCUT2D eigenvalue weighted by molar-refractivity contribution is 6.00. The molecule has 0 unspecified atom stereocenters. The van der Waals surface area contributed by atoms with Gasteiger partial charge in [0.15, 0.2) is 5.82 Å². The number of carbonyl (C=O) groups excluding carboxylic acids is 1. The van der Waals surface area contributed by atoms with Gasteiger partial charge in [-0.1, -0.05) is 6.07 Å². The molecule has 0 bridgehead atoms. The number of carboxylic acid groups (broad SMARTS) is 1. The van der Waals surface area contributed by atoms with Crippen molar-refractivity contribution < 1.29 is 19.1 Å². The molecule has 0 radical (unpaired) electrons. The van der Waals surface area contributed by atoms with Gasteiger partial charge in [-0.25, -0.2) is 14.0 Å². The van der Waals surface area contributed by atoms with Crippen LogP contribution in [0.15, 0.2) is 24.5 Å². The van der Waals surface area contributed by atoms with Crippen molar-refractivity contribution in [3.05, 3.63) is 41.7 Å². The van der Waals surface area contributed by atoms with Gasteiger partial charge in [-0.3, -0.25) is 0 Å². The molecule has 21 heavy (non-hydrogen) atoms. The molecule has 0 aliphatic rings. The third kappa shape index (κ3) is 3.32. The molecule has 0 aliphatic heterocycles. The molecule has 0 atom stereocenters. The summed E-state index contributed by atoms with van der Waals surface area (Å²) in [7, 11) is 1.71. The first kappa shape index (κ1) is 14.4. The Morgan fingerprint density at radius 2 is 2.19 bits per heavy atom. The molecule has 1 heterocycles. The maximum absolute atomic E-state index is 13.4. The average molecular weight is 293 g/mol. The Labute approximate surface area is 118 Å². The third-order valence-electron chi connectivity index (χ3n) is 2.69. The minimum absolute atomic E-state index is 0.0973. The standard InChI is InChI=1S/C12H12FN5O3/c1-18-6-15-17-9(18)5-14-12(21)16-8-4-2-3-7(13)10(8)11(19)20/h2-4,6H,5H2,1H3,(H,19,20)(H2,14,16,21). The molecule has 8 nitrogen and oxygen atoms in total. The predicted octanol–water partition coefficient (Wildman–Crippen LogP) is 0.974. The number of aryl methyl sites for hydroxylation is 1.